The Morgan fingerprint density at radius 1 is 0.843 bits per heavy atom. The standard InChI is InChI=1S/C36H52O15/c1-17-30(51-32-28(43)26(41)25(40)23(14-37)50-32)27(42)29(44)31(48-17)49-19-5-10-34(16-38)21-6-9-33(2)20(18-3-4-24(39)47-15-18)8-12-36(33,46)22(21)7-11-35(34,45)13-19/h3-4,15-17,19-23,25-32,37,40-46H,5-14H2,1-2H3/t17-,19-,20-,21+,22-,23-,25-,26+,27+,28-,29-,30-,31+,32+,33+,34-,35+,36-/m0/s1. The Bertz CT molecular complexity index is 1470. The molecule has 0 aromatic carbocycles. The SMILES string of the molecule is C[C@@H]1O[C@H](O[C@H]2CC[C@]3(C=O)[C@@H]4CC[C@]5(C)[C@H](c6ccc(=O)oc6)CC[C@]5(O)[C@H]4CC[C@@]3(O)C2)[C@@H](O)[C@@H](O)[C@H]1O[C@H]1O[C@@H](CO)[C@H](O)[C@@H](O)[C@@H]1O. The van der Waals surface area contributed by atoms with Gasteiger partial charge in [0.1, 0.15) is 49.0 Å². The van der Waals surface area contributed by atoms with E-state index in [0.717, 1.165) is 11.8 Å². The lowest BCUT2D eigenvalue weighted by Crippen LogP contribution is -2.69. The largest absolute Gasteiger partial charge is 0.431 e. The van der Waals surface area contributed by atoms with Crippen LogP contribution < -0.4 is 5.63 Å². The van der Waals surface area contributed by atoms with Gasteiger partial charge in [-0.1, -0.05) is 6.92 Å². The van der Waals surface area contributed by atoms with E-state index in [1.807, 2.05) is 0 Å². The van der Waals surface area contributed by atoms with Crippen LogP contribution in [0.1, 0.15) is 83.1 Å². The van der Waals surface area contributed by atoms with Gasteiger partial charge in [-0.15, -0.1) is 0 Å². The fourth-order valence-electron chi connectivity index (χ4n) is 11.2. The smallest absolute Gasteiger partial charge is 0.335 e. The third kappa shape index (κ3) is 5.70. The van der Waals surface area contributed by atoms with Crippen molar-refractivity contribution >= 4 is 6.29 Å². The first-order valence-corrected chi connectivity index (χ1v) is 18.3. The average molecular weight is 725 g/mol. The van der Waals surface area contributed by atoms with Crippen molar-refractivity contribution in [3.05, 3.63) is 34.4 Å². The molecular formula is C36H52O15. The lowest BCUT2D eigenvalue weighted by atomic mass is 9.41. The lowest BCUT2D eigenvalue weighted by molar-refractivity contribution is -0.361. The summed E-state index contributed by atoms with van der Waals surface area (Å²) in [5.41, 5.74) is -3.71. The van der Waals surface area contributed by atoms with Crippen LogP contribution in [0.2, 0.25) is 0 Å². The minimum atomic E-state index is -1.72. The van der Waals surface area contributed by atoms with Crippen molar-refractivity contribution in [1.29, 1.82) is 0 Å². The molecule has 15 nitrogen and oxygen atoms in total. The van der Waals surface area contributed by atoms with Gasteiger partial charge in [-0.25, -0.2) is 4.79 Å². The maximum atomic E-state index is 13.2. The van der Waals surface area contributed by atoms with Gasteiger partial charge in [0, 0.05) is 17.9 Å². The molecule has 1 aromatic heterocycles. The molecule has 8 N–H and O–H groups in total. The van der Waals surface area contributed by atoms with Crippen LogP contribution in [0.25, 0.3) is 0 Å². The van der Waals surface area contributed by atoms with Gasteiger partial charge in [0.2, 0.25) is 0 Å². The predicted molar refractivity (Wildman–Crippen MR) is 173 cm³/mol. The van der Waals surface area contributed by atoms with Gasteiger partial charge in [-0.05, 0) is 87.7 Å². The summed E-state index contributed by atoms with van der Waals surface area (Å²) in [6.07, 6.45) is -8.77. The molecule has 2 saturated heterocycles. The van der Waals surface area contributed by atoms with Gasteiger partial charge in [0.15, 0.2) is 12.6 Å². The highest BCUT2D eigenvalue weighted by Gasteiger charge is 2.71. The zero-order valence-corrected chi connectivity index (χ0v) is 28.9. The number of carbonyl (C=O) groups is 1. The highest BCUT2D eigenvalue weighted by atomic mass is 16.7. The van der Waals surface area contributed by atoms with Gasteiger partial charge in [0.05, 0.1) is 41.7 Å². The molecule has 0 amide bonds. The number of hydrogen-bond donors (Lipinski definition) is 8. The molecular weight excluding hydrogens is 672 g/mol. The second kappa shape index (κ2) is 13.5. The molecule has 15 heteroatoms. The summed E-state index contributed by atoms with van der Waals surface area (Å²) in [7, 11) is 0. The summed E-state index contributed by atoms with van der Waals surface area (Å²) in [5.74, 6) is -0.509. The van der Waals surface area contributed by atoms with Crippen molar-refractivity contribution < 1.29 is 69.0 Å². The van der Waals surface area contributed by atoms with E-state index in [1.165, 1.54) is 12.3 Å². The van der Waals surface area contributed by atoms with Gasteiger partial charge in [-0.2, -0.15) is 0 Å². The Morgan fingerprint density at radius 2 is 1.55 bits per heavy atom. The molecule has 0 spiro atoms. The molecule has 18 atom stereocenters. The summed E-state index contributed by atoms with van der Waals surface area (Å²) in [5, 5.41) is 87.1. The van der Waals surface area contributed by atoms with Crippen molar-refractivity contribution in [3.8, 4) is 0 Å². The zero-order chi connectivity index (χ0) is 36.7. The van der Waals surface area contributed by atoms with Crippen LogP contribution in [0.5, 0.6) is 0 Å². The Hall–Kier alpha value is -1.86. The Labute approximate surface area is 295 Å². The molecule has 3 heterocycles. The molecule has 1 aromatic rings. The molecule has 4 saturated carbocycles. The van der Waals surface area contributed by atoms with E-state index in [4.69, 9.17) is 23.4 Å². The summed E-state index contributed by atoms with van der Waals surface area (Å²) in [6.45, 7) is 2.98. The maximum absolute atomic E-state index is 13.2. The highest BCUT2D eigenvalue weighted by Crippen LogP contribution is 2.71. The highest BCUT2D eigenvalue weighted by molar-refractivity contribution is 5.64. The fourth-order valence-corrected chi connectivity index (χ4v) is 11.2. The molecule has 0 bridgehead atoms. The van der Waals surface area contributed by atoms with Gasteiger partial charge < -0.3 is 69.0 Å². The van der Waals surface area contributed by atoms with Crippen molar-refractivity contribution in [1.82, 2.24) is 0 Å². The molecule has 0 radical (unpaired) electrons. The second-order valence-electron chi connectivity index (χ2n) is 16.3. The van der Waals surface area contributed by atoms with Crippen LogP contribution in [0, 0.1) is 22.7 Å². The van der Waals surface area contributed by atoms with Crippen LogP contribution in [0.3, 0.4) is 0 Å². The first-order valence-electron chi connectivity index (χ1n) is 18.3. The molecule has 51 heavy (non-hydrogen) atoms. The normalized spacial score (nSPS) is 52.7. The number of aliphatic hydroxyl groups is 8. The molecule has 6 fully saturated rings. The summed E-state index contributed by atoms with van der Waals surface area (Å²) < 4.78 is 28.4. The third-order valence-corrected chi connectivity index (χ3v) is 14.1. The minimum absolute atomic E-state index is 0.0215. The lowest BCUT2D eigenvalue weighted by Gasteiger charge is -2.65. The minimum Gasteiger partial charge on any atom is -0.431 e. The Kier molecular flexibility index (Phi) is 9.89. The van der Waals surface area contributed by atoms with Gasteiger partial charge in [-0.3, -0.25) is 0 Å². The average Bonchev–Trinajstić information content (AvgIpc) is 3.39. The quantitative estimate of drug-likeness (QED) is 0.127. The number of ether oxygens (including phenoxy) is 4. The van der Waals surface area contributed by atoms with E-state index in [2.05, 4.69) is 6.92 Å². The van der Waals surface area contributed by atoms with Crippen molar-refractivity contribution in [3.63, 3.8) is 0 Å². The summed E-state index contributed by atoms with van der Waals surface area (Å²) in [4.78, 5) is 24.8. The molecule has 0 unspecified atom stereocenters. The number of aldehydes is 1. The third-order valence-electron chi connectivity index (χ3n) is 14.1. The Morgan fingerprint density at radius 3 is 2.24 bits per heavy atom. The van der Waals surface area contributed by atoms with E-state index < -0.39 is 102 Å². The monoisotopic (exact) mass is 724 g/mol. The molecule has 4 aliphatic carbocycles. The van der Waals surface area contributed by atoms with Crippen molar-refractivity contribution in [2.45, 2.75) is 156 Å². The van der Waals surface area contributed by atoms with E-state index in [1.54, 1.807) is 13.0 Å². The van der Waals surface area contributed by atoms with E-state index in [9.17, 15) is 50.4 Å². The van der Waals surface area contributed by atoms with Crippen LogP contribution in [0.15, 0.2) is 27.6 Å². The zero-order valence-electron chi connectivity index (χ0n) is 28.9. The van der Waals surface area contributed by atoms with Crippen molar-refractivity contribution in [2.24, 2.45) is 22.7 Å². The molecule has 2 aliphatic heterocycles. The van der Waals surface area contributed by atoms with Crippen LogP contribution in [0.4, 0.5) is 0 Å². The van der Waals surface area contributed by atoms with Gasteiger partial charge >= 0.3 is 5.63 Å². The Balaban J connectivity index is 1.03. The van der Waals surface area contributed by atoms with Gasteiger partial charge in [0.25, 0.3) is 0 Å². The van der Waals surface area contributed by atoms with Crippen molar-refractivity contribution in [2.75, 3.05) is 6.61 Å². The number of hydrogen-bond acceptors (Lipinski definition) is 15. The topological polar surface area (TPSA) is 246 Å². The molecule has 286 valence electrons. The number of carbonyl (C=O) groups excluding carboxylic acids is 1. The first kappa shape index (κ1) is 37.5. The fraction of sp³-hybridized carbons (Fsp3) is 0.833. The first-order chi connectivity index (χ1) is 24.1. The molecule has 7 rings (SSSR count). The summed E-state index contributed by atoms with van der Waals surface area (Å²) >= 11 is 0. The predicted octanol–water partition coefficient (Wildman–Crippen LogP) is -0.788. The van der Waals surface area contributed by atoms with E-state index in [0.29, 0.717) is 44.9 Å². The van der Waals surface area contributed by atoms with E-state index in [-0.39, 0.29) is 30.6 Å². The van der Waals surface area contributed by atoms with E-state index >= 15 is 0 Å². The van der Waals surface area contributed by atoms with Crippen LogP contribution in [-0.4, -0.2) is 132 Å². The number of aliphatic hydroxyl groups excluding tert-OH is 6. The molecule has 6 aliphatic rings. The number of fused-ring (bicyclic) bond motifs is 5. The van der Waals surface area contributed by atoms with Crippen LogP contribution >= 0.6 is 0 Å². The maximum Gasteiger partial charge on any atom is 0.335 e. The summed E-state index contributed by atoms with van der Waals surface area (Å²) in [6, 6.07) is 3.17. The van der Waals surface area contributed by atoms with Crippen LogP contribution in [-0.2, 0) is 23.7 Å². The number of rotatable bonds is 7. The second-order valence-corrected chi connectivity index (χ2v) is 16.3.